The third kappa shape index (κ3) is 44.1. The Labute approximate surface area is 817 Å². The fourth-order valence-electron chi connectivity index (χ4n) is 15.4. The van der Waals surface area contributed by atoms with Crippen LogP contribution in [0.15, 0.2) is 60.8 Å². The number of nitrogens with two attached hydrogens (primary N) is 9. The van der Waals surface area contributed by atoms with Crippen LogP contribution in [-0.4, -0.2) is 282 Å². The predicted molar refractivity (Wildman–Crippen MR) is 519 cm³/mol. The van der Waals surface area contributed by atoms with Crippen molar-refractivity contribution in [1.29, 1.82) is 16.2 Å². The maximum atomic E-state index is 15.4. The lowest BCUT2D eigenvalue weighted by molar-refractivity contribution is -0.143. The van der Waals surface area contributed by atoms with Crippen molar-refractivity contribution in [3.63, 3.8) is 0 Å². The molecule has 18 amide bonds. The van der Waals surface area contributed by atoms with Gasteiger partial charge in [-0.3, -0.25) is 107 Å². The van der Waals surface area contributed by atoms with Crippen LogP contribution in [0, 0.1) is 34.0 Å². The molecule has 51 heteroatoms. The number of amides is 18. The number of carbonyl (C=O) groups excluding carboxylic acids is 18. The SMILES string of the molecule is CC[C@H](C)C(NC(=O)[C@H](CCCNC(=N)N)NC(=O)C(CCCNC(=N)N)NC(=O)[C@H](CC(C)C)NC(=O)[C@H](Cc1ccccc1)NC(=O)CNC(=O)CN)C(=O)NC(CCCNC(=N)N)C(=O)N1CCC[C@H]1C(=O)N[C@@H](CCCCN)C(=O)N[C@@H](CC(C)C)C(=O)NC(CCCCN)C(=O)NC(Cc1c[nH]c2ccccc12)C(=O)NC(CC(=O)O)C(=O)NC(CC(N)=O)C(=O)NC(CCC(N)=O)C(N)=O. The van der Waals surface area contributed by atoms with E-state index in [0.717, 1.165) is 0 Å². The average molecular weight is 1980 g/mol. The number of aliphatic carboxylic acids is 1. The number of aromatic nitrogens is 1. The number of fused-ring (bicyclic) bond motifs is 1. The normalized spacial score (nSPS) is 15.2. The number of nitrogens with zero attached hydrogens (tertiary/aromatic N) is 1. The second kappa shape index (κ2) is 62.5. The number of H-pyrrole nitrogens is 1. The molecule has 782 valence electrons. The van der Waals surface area contributed by atoms with Gasteiger partial charge >= 0.3 is 5.97 Å². The van der Waals surface area contributed by atoms with Gasteiger partial charge in [-0.2, -0.15) is 0 Å². The van der Waals surface area contributed by atoms with Gasteiger partial charge < -0.3 is 157 Å². The monoisotopic (exact) mass is 1980 g/mol. The average Bonchev–Trinajstić information content (AvgIpc) is 1.71. The molecule has 3 aromatic rings. The second-order valence-corrected chi connectivity index (χ2v) is 35.5. The molecule has 40 N–H and O–H groups in total. The number of para-hydroxylation sites is 1. The summed E-state index contributed by atoms with van der Waals surface area (Å²) < 4.78 is 0. The summed E-state index contributed by atoms with van der Waals surface area (Å²) in [6.07, 6.45) is -0.897. The number of carboxylic acid groups (broad SMARTS) is 1. The van der Waals surface area contributed by atoms with Crippen LogP contribution in [0.2, 0.25) is 0 Å². The molecule has 8 unspecified atom stereocenters. The lowest BCUT2D eigenvalue weighted by Gasteiger charge is -2.32. The van der Waals surface area contributed by atoms with Crippen molar-refractivity contribution in [3.8, 4) is 0 Å². The zero-order valence-corrected chi connectivity index (χ0v) is 80.9. The first-order valence-corrected chi connectivity index (χ1v) is 47.3. The molecule has 141 heavy (non-hydrogen) atoms. The molecule has 1 aliphatic heterocycles. The number of primary amides is 3. The molecular formula is C90H147N31O20. The number of rotatable bonds is 67. The summed E-state index contributed by atoms with van der Waals surface area (Å²) in [6.45, 7) is 9.68. The molecule has 1 saturated heterocycles. The Balaban J connectivity index is 1.70. The molecule has 1 aromatic heterocycles. The highest BCUT2D eigenvalue weighted by Gasteiger charge is 2.43. The van der Waals surface area contributed by atoms with Crippen molar-refractivity contribution in [3.05, 3.63) is 71.9 Å². The summed E-state index contributed by atoms with van der Waals surface area (Å²) >= 11 is 0. The standard InChI is InChI=1S/C90H147N31O20/c1-7-50(6)73(120-78(132)59(28-18-36-104-89(99)100)110-75(129)58(27-17-35-103-88(97)98)112-80(134)62(40-49(4)5)116-81(135)63(41-51-21-9-8-10-22-51)108-71(125)47-107-70(124)45-93)86(140)114-60(29-19-37-105-90(101)102)87(141)121-38-20-30-67(121)85(139)113-57(26-14-16-34-92)77(131)115-61(39-48(2)3)79(133)111-56(25-13-15-33-91)76(130)117-64(42-52-46-106-54-24-12-11-23-53(52)54)82(136)119-66(44-72(126)127)84(138)118-65(43-69(95)123)83(137)109-55(74(96)128)31-32-68(94)122/h8-12,21-24,46,48-50,55-67,73,106H,7,13-20,25-45,47,91-93H2,1-6H3,(H2,94,122)(H2,95,123)(H2,96,128)(H,107,124)(H,108,125)(H,109,137)(H,110,129)(H,111,133)(H,112,134)(H,113,139)(H,114,140)(H,115,131)(H,116,135)(H,117,130)(H,118,138)(H,119,136)(H,120,132)(H,126,127)(H4,97,98,103)(H4,99,100,104)(H4,101,102,105)/t50-,55?,56?,57-,58?,59-,60?,61-,62-,63-,64?,65?,66?,67-,73?/m0/s1. The van der Waals surface area contributed by atoms with Crippen molar-refractivity contribution in [2.45, 2.75) is 274 Å². The molecule has 51 nitrogen and oxygen atoms in total. The lowest BCUT2D eigenvalue weighted by Crippen LogP contribution is -2.61. The Hall–Kier alpha value is -14.4. The number of hydrogen-bond acceptors (Lipinski definition) is 25. The quantitative estimate of drug-likeness (QED) is 0.0142. The van der Waals surface area contributed by atoms with Crippen LogP contribution < -0.4 is 142 Å². The Bertz CT molecular complexity index is 4750. The van der Waals surface area contributed by atoms with Gasteiger partial charge in [0.15, 0.2) is 17.9 Å². The maximum absolute atomic E-state index is 15.4. The zero-order chi connectivity index (χ0) is 105. The van der Waals surface area contributed by atoms with Gasteiger partial charge in [-0.15, -0.1) is 0 Å². The van der Waals surface area contributed by atoms with Crippen LogP contribution in [0.25, 0.3) is 10.9 Å². The minimum Gasteiger partial charge on any atom is -0.481 e. The molecular weight excluding hydrogens is 1840 g/mol. The largest absolute Gasteiger partial charge is 0.481 e. The summed E-state index contributed by atoms with van der Waals surface area (Å²) in [5, 5.41) is 78.3. The molecule has 0 radical (unpaired) electrons. The molecule has 1 fully saturated rings. The first-order valence-electron chi connectivity index (χ1n) is 47.3. The van der Waals surface area contributed by atoms with Crippen LogP contribution >= 0.6 is 0 Å². The predicted octanol–water partition coefficient (Wildman–Crippen LogP) is -7.39. The van der Waals surface area contributed by atoms with E-state index in [1.165, 1.54) is 11.1 Å². The molecule has 2 aromatic carbocycles. The molecule has 0 bridgehead atoms. The fourth-order valence-corrected chi connectivity index (χ4v) is 15.4. The number of unbranched alkanes of at least 4 members (excludes halogenated alkanes) is 2. The number of aromatic amines is 1. The summed E-state index contributed by atoms with van der Waals surface area (Å²) in [4.78, 5) is 270. The number of likely N-dealkylation sites (tertiary alicyclic amines) is 1. The number of carboxylic acids is 1. The van der Waals surface area contributed by atoms with E-state index in [1.807, 2.05) is 0 Å². The van der Waals surface area contributed by atoms with Crippen LogP contribution in [-0.2, 0) is 104 Å². The third-order valence-corrected chi connectivity index (χ3v) is 23.0. The highest BCUT2D eigenvalue weighted by Crippen LogP contribution is 2.24. The van der Waals surface area contributed by atoms with E-state index in [4.69, 9.17) is 67.8 Å². The minimum absolute atomic E-state index is 0.00153. The van der Waals surface area contributed by atoms with Gasteiger partial charge in [-0.25, -0.2) is 0 Å². The molecule has 15 atom stereocenters. The summed E-state index contributed by atoms with van der Waals surface area (Å²) in [5.74, 6) is -21.4. The number of nitrogens with one attached hydrogen (secondary N) is 21. The number of hydrogen-bond donors (Lipinski definition) is 31. The number of guanidine groups is 3. The second-order valence-electron chi connectivity index (χ2n) is 35.5. The lowest BCUT2D eigenvalue weighted by atomic mass is 9.96. The molecule has 0 spiro atoms. The van der Waals surface area contributed by atoms with Crippen molar-refractivity contribution in [2.24, 2.45) is 69.4 Å². The van der Waals surface area contributed by atoms with E-state index in [0.29, 0.717) is 34.9 Å². The van der Waals surface area contributed by atoms with Gasteiger partial charge in [0.05, 0.1) is 25.9 Å². The Morgan fingerprint density at radius 1 is 0.426 bits per heavy atom. The van der Waals surface area contributed by atoms with E-state index in [-0.39, 0.29) is 160 Å². The maximum Gasteiger partial charge on any atom is 0.305 e. The Morgan fingerprint density at radius 3 is 1.30 bits per heavy atom. The van der Waals surface area contributed by atoms with E-state index < -0.39 is 259 Å². The first-order chi connectivity index (χ1) is 66.8. The van der Waals surface area contributed by atoms with E-state index in [1.54, 1.807) is 96.1 Å². The summed E-state index contributed by atoms with van der Waals surface area (Å²) in [6, 6.07) is -6.23. The van der Waals surface area contributed by atoms with Crippen LogP contribution in [0.1, 0.15) is 188 Å². The number of benzene rings is 2. The van der Waals surface area contributed by atoms with Gasteiger partial charge in [-0.05, 0) is 157 Å². The van der Waals surface area contributed by atoms with Gasteiger partial charge in [0.1, 0.15) is 84.6 Å². The van der Waals surface area contributed by atoms with Crippen molar-refractivity contribution in [2.75, 3.05) is 52.4 Å². The zero-order valence-electron chi connectivity index (χ0n) is 80.9. The van der Waals surface area contributed by atoms with Crippen molar-refractivity contribution in [1.82, 2.24) is 100 Å². The summed E-state index contributed by atoms with van der Waals surface area (Å²) in [5.41, 5.74) is 51.8. The van der Waals surface area contributed by atoms with Crippen LogP contribution in [0.5, 0.6) is 0 Å². The highest BCUT2D eigenvalue weighted by molar-refractivity contribution is 6.02. The molecule has 1 aliphatic rings. The fraction of sp³-hybridized carbons (Fsp3) is 0.600. The minimum atomic E-state index is -2.08. The number of carbonyl (C=O) groups is 19. The molecule has 2 heterocycles. The Morgan fingerprint density at radius 2 is 0.837 bits per heavy atom. The van der Waals surface area contributed by atoms with Gasteiger partial charge in [-0.1, -0.05) is 96.5 Å². The first kappa shape index (κ1) is 119. The van der Waals surface area contributed by atoms with Crippen LogP contribution in [0.4, 0.5) is 0 Å². The van der Waals surface area contributed by atoms with E-state index in [2.05, 4.69) is 95.4 Å². The van der Waals surface area contributed by atoms with E-state index in [9.17, 15) is 62.6 Å². The third-order valence-electron chi connectivity index (χ3n) is 23.0. The van der Waals surface area contributed by atoms with Crippen LogP contribution in [0.3, 0.4) is 0 Å². The van der Waals surface area contributed by atoms with Gasteiger partial charge in [0.25, 0.3) is 0 Å². The molecule has 0 saturated carbocycles. The Kier molecular flexibility index (Phi) is 52.7. The van der Waals surface area contributed by atoms with Gasteiger partial charge in [0, 0.05) is 62.5 Å². The highest BCUT2D eigenvalue weighted by atomic mass is 16.4. The van der Waals surface area contributed by atoms with Crippen molar-refractivity contribution >= 4 is 141 Å². The topological polar surface area (TPSA) is 874 Å². The smallest absolute Gasteiger partial charge is 0.305 e. The van der Waals surface area contributed by atoms with E-state index >= 15 is 33.6 Å². The van der Waals surface area contributed by atoms with Gasteiger partial charge in [0.2, 0.25) is 106 Å². The summed E-state index contributed by atoms with van der Waals surface area (Å²) in [7, 11) is 0. The molecule has 4 rings (SSSR count). The van der Waals surface area contributed by atoms with Crippen molar-refractivity contribution < 1.29 is 96.2 Å². The molecule has 0 aliphatic carbocycles.